The fourth-order valence-corrected chi connectivity index (χ4v) is 0. The van der Waals surface area contributed by atoms with Crippen LogP contribution in [-0.4, -0.2) is 67.4 Å². The zero-order chi connectivity index (χ0) is 0. The van der Waals surface area contributed by atoms with Crippen molar-refractivity contribution in [1.29, 1.82) is 0 Å². The second-order valence-electron chi connectivity index (χ2n) is 0. The van der Waals surface area contributed by atoms with Crippen LogP contribution in [0.25, 0.3) is 0 Å². The van der Waals surface area contributed by atoms with Crippen LogP contribution in [-0.2, 0) is 0 Å². The maximum atomic E-state index is 0. The van der Waals surface area contributed by atoms with Gasteiger partial charge in [-0.1, -0.05) is 0 Å². The molecule has 0 spiro atoms. The zero-order valence-electron chi connectivity index (χ0n) is 2.41. The predicted octanol–water partition coefficient (Wildman–Crippen LogP) is -3.79. The molecule has 0 rings (SSSR count). The SMILES string of the molecule is Cl.O.O.O.O.[SrH2]. The first-order chi connectivity index (χ1) is 0. The molecule has 0 saturated carbocycles. The summed E-state index contributed by atoms with van der Waals surface area (Å²) < 4.78 is 0. The van der Waals surface area contributed by atoms with Crippen LogP contribution in [0.15, 0.2) is 0 Å². The summed E-state index contributed by atoms with van der Waals surface area (Å²) in [5.74, 6) is 0. The molecule has 0 aliphatic rings. The molecule has 6 heteroatoms. The minimum atomic E-state index is 0. The van der Waals surface area contributed by atoms with E-state index in [2.05, 4.69) is 0 Å². The van der Waals surface area contributed by atoms with E-state index in [1.807, 2.05) is 0 Å². The molecular formula is H11ClO4Sr. The molecule has 44 valence electrons. The van der Waals surface area contributed by atoms with Crippen molar-refractivity contribution in [3.05, 3.63) is 0 Å². The van der Waals surface area contributed by atoms with Gasteiger partial charge in [-0.15, -0.1) is 12.4 Å². The first-order valence-corrected chi connectivity index (χ1v) is 0. The van der Waals surface area contributed by atoms with Gasteiger partial charge in [0.2, 0.25) is 0 Å². The molecule has 0 aliphatic heterocycles. The summed E-state index contributed by atoms with van der Waals surface area (Å²) in [4.78, 5) is 0. The van der Waals surface area contributed by atoms with Crippen LogP contribution in [0.4, 0.5) is 0 Å². The Hall–Kier alpha value is 1.61. The average molecular weight is 198 g/mol. The standard InChI is InChI=1S/ClH.4H2O.Sr.2H/h1H;4*1H2;;;. The molecule has 4 nitrogen and oxygen atoms in total. The second kappa shape index (κ2) is 80.2. The normalized spacial score (nSPS) is 0. The molecule has 0 aromatic rings. The van der Waals surface area contributed by atoms with Gasteiger partial charge in [0.05, 0.1) is 0 Å². The van der Waals surface area contributed by atoms with E-state index in [0.29, 0.717) is 0 Å². The Morgan fingerprint density at radius 3 is 0.500 bits per heavy atom. The molecule has 8 N–H and O–H groups in total. The van der Waals surface area contributed by atoms with Crippen LogP contribution in [0.1, 0.15) is 0 Å². The van der Waals surface area contributed by atoms with Crippen LogP contribution >= 0.6 is 12.4 Å². The molecule has 6 heavy (non-hydrogen) atoms. The van der Waals surface area contributed by atoms with Crippen molar-refractivity contribution in [1.82, 2.24) is 0 Å². The topological polar surface area (TPSA) is 126 Å². The molecular weight excluding hydrogens is 187 g/mol. The monoisotopic (exact) mass is 198 g/mol. The van der Waals surface area contributed by atoms with Gasteiger partial charge in [-0.2, -0.15) is 0 Å². The molecule has 0 saturated heterocycles. The number of hydrogen-bond donors (Lipinski definition) is 0. The summed E-state index contributed by atoms with van der Waals surface area (Å²) in [6.45, 7) is 0. The van der Waals surface area contributed by atoms with Crippen LogP contribution in [0.2, 0.25) is 0 Å². The van der Waals surface area contributed by atoms with E-state index in [0.717, 1.165) is 0 Å². The summed E-state index contributed by atoms with van der Waals surface area (Å²) in [5.41, 5.74) is 0. The molecule has 0 amide bonds. The van der Waals surface area contributed by atoms with Gasteiger partial charge in [0.15, 0.2) is 0 Å². The Kier molecular flexibility index (Phi) is 1710. The molecule has 0 aromatic heterocycles. The first-order valence-electron chi connectivity index (χ1n) is 0. The van der Waals surface area contributed by atoms with Gasteiger partial charge in [0.25, 0.3) is 0 Å². The molecule has 0 unspecified atom stereocenters. The summed E-state index contributed by atoms with van der Waals surface area (Å²) in [5, 5.41) is 0. The van der Waals surface area contributed by atoms with Gasteiger partial charge in [-0.25, -0.2) is 0 Å². The van der Waals surface area contributed by atoms with E-state index >= 15 is 0 Å². The summed E-state index contributed by atoms with van der Waals surface area (Å²) in [6.07, 6.45) is 0. The van der Waals surface area contributed by atoms with Crippen molar-refractivity contribution in [2.24, 2.45) is 0 Å². The summed E-state index contributed by atoms with van der Waals surface area (Å²) in [6, 6.07) is 0. The van der Waals surface area contributed by atoms with Crippen molar-refractivity contribution in [3.8, 4) is 0 Å². The van der Waals surface area contributed by atoms with Crippen LogP contribution in [0.3, 0.4) is 0 Å². The second-order valence-corrected chi connectivity index (χ2v) is 0. The Balaban J connectivity index is 0. The third-order valence-corrected chi connectivity index (χ3v) is 0. The van der Waals surface area contributed by atoms with E-state index in [4.69, 9.17) is 0 Å². The van der Waals surface area contributed by atoms with E-state index in [1.54, 1.807) is 0 Å². The predicted molar refractivity (Wildman–Crippen MR) is 30.2 cm³/mol. The van der Waals surface area contributed by atoms with Gasteiger partial charge < -0.3 is 21.9 Å². The molecule has 0 aromatic carbocycles. The van der Waals surface area contributed by atoms with E-state index in [1.165, 1.54) is 0 Å². The first kappa shape index (κ1) is 128. The Morgan fingerprint density at radius 2 is 0.500 bits per heavy atom. The minimum absolute atomic E-state index is 0. The molecule has 0 heterocycles. The van der Waals surface area contributed by atoms with Gasteiger partial charge >= 0.3 is 45.5 Å². The Labute approximate surface area is 78.8 Å². The fourth-order valence-electron chi connectivity index (χ4n) is 0. The van der Waals surface area contributed by atoms with Crippen LogP contribution in [0, 0.1) is 0 Å². The third-order valence-electron chi connectivity index (χ3n) is 0. The van der Waals surface area contributed by atoms with E-state index < -0.39 is 0 Å². The summed E-state index contributed by atoms with van der Waals surface area (Å²) >= 11 is 0. The van der Waals surface area contributed by atoms with E-state index in [-0.39, 0.29) is 79.8 Å². The Morgan fingerprint density at radius 1 is 0.500 bits per heavy atom. The van der Waals surface area contributed by atoms with Crippen molar-refractivity contribution >= 4 is 57.9 Å². The molecule has 0 bridgehead atoms. The molecule has 0 aliphatic carbocycles. The van der Waals surface area contributed by atoms with Crippen LogP contribution < -0.4 is 0 Å². The van der Waals surface area contributed by atoms with Crippen molar-refractivity contribution in [2.45, 2.75) is 0 Å². The van der Waals surface area contributed by atoms with Crippen molar-refractivity contribution < 1.29 is 21.9 Å². The van der Waals surface area contributed by atoms with E-state index in [9.17, 15) is 0 Å². The molecule has 0 atom stereocenters. The van der Waals surface area contributed by atoms with Crippen molar-refractivity contribution in [2.75, 3.05) is 0 Å². The van der Waals surface area contributed by atoms with Gasteiger partial charge in [0, 0.05) is 0 Å². The number of hydrogen-bond acceptors (Lipinski definition) is 0. The van der Waals surface area contributed by atoms with Gasteiger partial charge in [-0.05, 0) is 0 Å². The summed E-state index contributed by atoms with van der Waals surface area (Å²) in [7, 11) is 0. The Bertz CT molecular complexity index is 7.51. The fraction of sp³-hybridized carbons (Fsp3) is 0. The van der Waals surface area contributed by atoms with Gasteiger partial charge in [0.1, 0.15) is 0 Å². The number of rotatable bonds is 0. The third kappa shape index (κ3) is 46.0. The van der Waals surface area contributed by atoms with Gasteiger partial charge in [-0.3, -0.25) is 0 Å². The number of halogens is 1. The maximum absolute atomic E-state index is 0. The average Bonchev–Trinajstić information content (AvgIpc) is 0. The quantitative estimate of drug-likeness (QED) is 0.354. The molecule has 0 radical (unpaired) electrons. The molecule has 0 fully saturated rings. The van der Waals surface area contributed by atoms with Crippen LogP contribution in [0.5, 0.6) is 0 Å². The van der Waals surface area contributed by atoms with Crippen molar-refractivity contribution in [3.63, 3.8) is 0 Å². The zero-order valence-corrected chi connectivity index (χ0v) is 3.22.